The number of carboxylic acid groups (broad SMARTS) is 1. The number of rotatable bonds is 1. The summed E-state index contributed by atoms with van der Waals surface area (Å²) in [5.74, 6) is -5.79. The van der Waals surface area contributed by atoms with Gasteiger partial charge in [0.15, 0.2) is 0 Å². The van der Waals surface area contributed by atoms with Crippen LogP contribution in [0.2, 0.25) is 0 Å². The fourth-order valence-electron chi connectivity index (χ4n) is 2.33. The minimum Gasteiger partial charge on any atom is -0.480 e. The van der Waals surface area contributed by atoms with Crippen molar-refractivity contribution in [3.63, 3.8) is 0 Å². The molecule has 2 aliphatic carbocycles. The number of nitrogens with two attached hydrogens (primary N) is 1. The highest BCUT2D eigenvalue weighted by atomic mass is 19.3. The molecule has 0 heterocycles. The number of alkyl halides is 2. The monoisotopic (exact) mass is 177 g/mol. The molecule has 12 heavy (non-hydrogen) atoms. The Hall–Kier alpha value is -0.710. The van der Waals surface area contributed by atoms with E-state index in [1.54, 1.807) is 0 Å². The van der Waals surface area contributed by atoms with Gasteiger partial charge < -0.3 is 10.8 Å². The molecule has 3 nitrogen and oxygen atoms in total. The Morgan fingerprint density at radius 1 is 1.58 bits per heavy atom. The number of hydrogen-bond donors (Lipinski definition) is 2. The van der Waals surface area contributed by atoms with E-state index in [9.17, 15) is 13.6 Å². The van der Waals surface area contributed by atoms with Crippen LogP contribution in [0.4, 0.5) is 8.78 Å². The number of carboxylic acids is 1. The van der Waals surface area contributed by atoms with Crippen LogP contribution < -0.4 is 5.73 Å². The van der Waals surface area contributed by atoms with Gasteiger partial charge in [-0.1, -0.05) is 0 Å². The summed E-state index contributed by atoms with van der Waals surface area (Å²) in [6.45, 7) is 0. The lowest BCUT2D eigenvalue weighted by molar-refractivity contribution is -0.143. The van der Waals surface area contributed by atoms with Crippen LogP contribution in [0.3, 0.4) is 0 Å². The van der Waals surface area contributed by atoms with Crippen LogP contribution in [0.25, 0.3) is 0 Å². The highest BCUT2D eigenvalue weighted by molar-refractivity contribution is 5.84. The standard InChI is InChI=1S/C7H9F2NO2/c8-6(9)2-1-3-4(6)7(3,10)5(11)12/h3-4H,1-2,10H2,(H,11,12)/t3-,4-,7+/m0/s1. The number of carbonyl (C=O) groups is 1. The second-order valence-electron chi connectivity index (χ2n) is 3.62. The first kappa shape index (κ1) is 7.91. The molecule has 0 aliphatic heterocycles. The number of hydrogen-bond acceptors (Lipinski definition) is 2. The zero-order chi connectivity index (χ0) is 9.15. The molecule has 0 unspecified atom stereocenters. The van der Waals surface area contributed by atoms with E-state index in [-0.39, 0.29) is 12.8 Å². The van der Waals surface area contributed by atoms with E-state index in [0.29, 0.717) is 0 Å². The van der Waals surface area contributed by atoms with Gasteiger partial charge in [-0.05, 0) is 12.3 Å². The first-order chi connectivity index (χ1) is 5.40. The molecule has 2 saturated carbocycles. The Morgan fingerprint density at radius 2 is 2.17 bits per heavy atom. The van der Waals surface area contributed by atoms with Gasteiger partial charge in [0.25, 0.3) is 5.92 Å². The minimum atomic E-state index is -2.86. The smallest absolute Gasteiger partial charge is 0.324 e. The average molecular weight is 177 g/mol. The van der Waals surface area contributed by atoms with E-state index in [2.05, 4.69) is 0 Å². The molecule has 2 fully saturated rings. The van der Waals surface area contributed by atoms with Crippen molar-refractivity contribution in [1.82, 2.24) is 0 Å². The molecule has 0 radical (unpaired) electrons. The summed E-state index contributed by atoms with van der Waals surface area (Å²) >= 11 is 0. The van der Waals surface area contributed by atoms with Crippen LogP contribution >= 0.6 is 0 Å². The van der Waals surface area contributed by atoms with Crippen LogP contribution in [-0.2, 0) is 4.79 Å². The summed E-state index contributed by atoms with van der Waals surface area (Å²) in [6, 6.07) is 0. The lowest BCUT2D eigenvalue weighted by Crippen LogP contribution is -2.42. The van der Waals surface area contributed by atoms with Gasteiger partial charge in [-0.2, -0.15) is 0 Å². The van der Waals surface area contributed by atoms with Gasteiger partial charge in [0, 0.05) is 6.42 Å². The zero-order valence-corrected chi connectivity index (χ0v) is 6.26. The van der Waals surface area contributed by atoms with Crippen molar-refractivity contribution in [3.05, 3.63) is 0 Å². The number of halogens is 2. The number of fused-ring (bicyclic) bond motifs is 1. The lowest BCUT2D eigenvalue weighted by atomic mass is 10.0. The molecule has 0 saturated heterocycles. The molecule has 3 atom stereocenters. The third-order valence-electron chi connectivity index (χ3n) is 3.04. The average Bonchev–Trinajstić information content (AvgIpc) is 2.41. The Labute approximate surface area is 67.5 Å². The summed E-state index contributed by atoms with van der Waals surface area (Å²) in [6.07, 6.45) is 0.0228. The maximum Gasteiger partial charge on any atom is 0.324 e. The van der Waals surface area contributed by atoms with Crippen LogP contribution in [0.5, 0.6) is 0 Å². The molecule has 0 bridgehead atoms. The maximum atomic E-state index is 12.9. The third-order valence-corrected chi connectivity index (χ3v) is 3.04. The van der Waals surface area contributed by atoms with Crippen molar-refractivity contribution < 1.29 is 18.7 Å². The van der Waals surface area contributed by atoms with Crippen molar-refractivity contribution >= 4 is 5.97 Å². The predicted octanol–water partition coefficient (Wildman–Crippen LogP) is 0.444. The maximum absolute atomic E-state index is 12.9. The quantitative estimate of drug-likeness (QED) is 0.611. The minimum absolute atomic E-state index is 0.214. The van der Waals surface area contributed by atoms with E-state index in [1.165, 1.54) is 0 Å². The summed E-state index contributed by atoms with van der Waals surface area (Å²) < 4.78 is 25.8. The van der Waals surface area contributed by atoms with Crippen molar-refractivity contribution in [1.29, 1.82) is 0 Å². The van der Waals surface area contributed by atoms with Gasteiger partial charge in [0.05, 0.1) is 5.92 Å². The van der Waals surface area contributed by atoms with Crippen LogP contribution in [0, 0.1) is 11.8 Å². The topological polar surface area (TPSA) is 63.3 Å². The number of aliphatic carboxylic acids is 1. The lowest BCUT2D eigenvalue weighted by Gasteiger charge is -2.16. The van der Waals surface area contributed by atoms with Crippen LogP contribution in [0.1, 0.15) is 12.8 Å². The fraction of sp³-hybridized carbons (Fsp3) is 0.857. The SMILES string of the molecule is N[C@]1(C(=O)O)[C@H]2CCC(F)(F)[C@H]21. The summed E-state index contributed by atoms with van der Waals surface area (Å²) in [5, 5.41) is 8.59. The highest BCUT2D eigenvalue weighted by Crippen LogP contribution is 2.65. The van der Waals surface area contributed by atoms with Crippen molar-refractivity contribution in [2.75, 3.05) is 0 Å². The molecule has 0 spiro atoms. The van der Waals surface area contributed by atoms with Crippen molar-refractivity contribution in [2.24, 2.45) is 17.6 Å². The van der Waals surface area contributed by atoms with Gasteiger partial charge in [-0.25, -0.2) is 8.78 Å². The molecule has 0 aromatic rings. The van der Waals surface area contributed by atoms with Gasteiger partial charge >= 0.3 is 5.97 Å². The summed E-state index contributed by atoms with van der Waals surface area (Å²) in [5.41, 5.74) is 3.70. The normalized spacial score (nSPS) is 48.6. The largest absolute Gasteiger partial charge is 0.480 e. The van der Waals surface area contributed by atoms with Crippen molar-refractivity contribution in [2.45, 2.75) is 24.3 Å². The molecule has 2 aliphatic rings. The molecular formula is C7H9F2NO2. The van der Waals surface area contributed by atoms with Crippen molar-refractivity contribution in [3.8, 4) is 0 Å². The summed E-state index contributed by atoms with van der Waals surface area (Å²) in [7, 11) is 0. The van der Waals surface area contributed by atoms with Gasteiger partial charge in [0.1, 0.15) is 5.54 Å². The Bertz CT molecular complexity index is 256. The zero-order valence-electron chi connectivity index (χ0n) is 6.26. The van der Waals surface area contributed by atoms with Crippen LogP contribution in [-0.4, -0.2) is 22.5 Å². The molecular weight excluding hydrogens is 168 g/mol. The molecule has 0 aromatic heterocycles. The first-order valence-electron chi connectivity index (χ1n) is 3.81. The predicted molar refractivity (Wildman–Crippen MR) is 35.7 cm³/mol. The molecule has 0 amide bonds. The Kier molecular flexibility index (Phi) is 1.18. The van der Waals surface area contributed by atoms with Gasteiger partial charge in [-0.3, -0.25) is 4.79 Å². The Balaban J connectivity index is 2.26. The second kappa shape index (κ2) is 1.79. The first-order valence-corrected chi connectivity index (χ1v) is 3.81. The molecule has 5 heteroatoms. The highest BCUT2D eigenvalue weighted by Gasteiger charge is 2.79. The fourth-order valence-corrected chi connectivity index (χ4v) is 2.33. The van der Waals surface area contributed by atoms with E-state index < -0.39 is 29.3 Å². The second-order valence-corrected chi connectivity index (χ2v) is 3.62. The van der Waals surface area contributed by atoms with Crippen LogP contribution in [0.15, 0.2) is 0 Å². The molecule has 3 N–H and O–H groups in total. The molecule has 0 aromatic carbocycles. The Morgan fingerprint density at radius 3 is 2.42 bits per heavy atom. The molecule has 2 rings (SSSR count). The van der Waals surface area contributed by atoms with E-state index >= 15 is 0 Å². The third kappa shape index (κ3) is 0.652. The van der Waals surface area contributed by atoms with Gasteiger partial charge in [-0.15, -0.1) is 0 Å². The van der Waals surface area contributed by atoms with E-state index in [1.807, 2.05) is 0 Å². The summed E-state index contributed by atoms with van der Waals surface area (Å²) in [4.78, 5) is 10.5. The van der Waals surface area contributed by atoms with E-state index in [4.69, 9.17) is 10.8 Å². The molecule has 68 valence electrons. The van der Waals surface area contributed by atoms with Gasteiger partial charge in [0.2, 0.25) is 0 Å². The van der Waals surface area contributed by atoms with E-state index in [0.717, 1.165) is 0 Å².